The summed E-state index contributed by atoms with van der Waals surface area (Å²) in [4.78, 5) is 12.4. The van der Waals surface area contributed by atoms with Gasteiger partial charge in [0.15, 0.2) is 17.5 Å². The summed E-state index contributed by atoms with van der Waals surface area (Å²) >= 11 is 0. The first-order valence-electron chi connectivity index (χ1n) is 12.6. The molecule has 0 saturated heterocycles. The molecule has 1 aromatic carbocycles. The van der Waals surface area contributed by atoms with Crippen molar-refractivity contribution in [2.75, 3.05) is 0 Å². The summed E-state index contributed by atoms with van der Waals surface area (Å²) in [6.07, 6.45) is 15.4. The maximum atomic E-state index is 13.4. The minimum absolute atomic E-state index is 0.295. The van der Waals surface area contributed by atoms with Crippen molar-refractivity contribution in [3.63, 3.8) is 0 Å². The summed E-state index contributed by atoms with van der Waals surface area (Å²) in [5.41, 5.74) is 1.35. The summed E-state index contributed by atoms with van der Waals surface area (Å²) in [6, 6.07) is 1.41. The lowest BCUT2D eigenvalue weighted by Crippen LogP contribution is -2.31. The Balaban J connectivity index is 1.23. The van der Waals surface area contributed by atoms with Crippen molar-refractivity contribution in [1.82, 2.24) is 0 Å². The fraction of sp³-hybridized carbons (Fsp3) is 0.667. The predicted molar refractivity (Wildman–Crippen MR) is 120 cm³/mol. The standard InChI is InChI=1S/C27H35F3O3/c1-2-3-17-4-6-19(7-5-17)25-13-12-21(16-32-25)18-8-10-20(11-9-18)27(31)33-22-14-23(28)26(30)24(29)15-22/h14-20,25H,2-13H2,1H3. The van der Waals surface area contributed by atoms with Crippen molar-refractivity contribution in [2.45, 2.75) is 90.1 Å². The van der Waals surface area contributed by atoms with E-state index in [-0.39, 0.29) is 11.7 Å². The van der Waals surface area contributed by atoms with E-state index in [4.69, 9.17) is 9.47 Å². The van der Waals surface area contributed by atoms with Crippen molar-refractivity contribution >= 4 is 5.97 Å². The minimum atomic E-state index is -1.57. The Hall–Kier alpha value is -1.98. The number of carbonyl (C=O) groups is 1. The second kappa shape index (κ2) is 11.0. The fourth-order valence-electron chi connectivity index (χ4n) is 6.01. The van der Waals surface area contributed by atoms with Crippen molar-refractivity contribution < 1.29 is 27.4 Å². The molecule has 6 heteroatoms. The first kappa shape index (κ1) is 24.2. The molecule has 2 aliphatic carbocycles. The Morgan fingerprint density at radius 2 is 1.64 bits per heavy atom. The zero-order valence-corrected chi connectivity index (χ0v) is 19.5. The monoisotopic (exact) mass is 464 g/mol. The molecule has 0 bridgehead atoms. The Morgan fingerprint density at radius 3 is 2.21 bits per heavy atom. The van der Waals surface area contributed by atoms with E-state index in [2.05, 4.69) is 6.92 Å². The molecule has 33 heavy (non-hydrogen) atoms. The minimum Gasteiger partial charge on any atom is -0.498 e. The van der Waals surface area contributed by atoms with Crippen molar-refractivity contribution in [1.29, 1.82) is 0 Å². The van der Waals surface area contributed by atoms with E-state index in [0.29, 0.717) is 42.9 Å². The van der Waals surface area contributed by atoms with Gasteiger partial charge in [-0.3, -0.25) is 4.79 Å². The molecule has 3 aliphatic rings. The number of hydrogen-bond donors (Lipinski definition) is 0. The van der Waals surface area contributed by atoms with Gasteiger partial charge in [0, 0.05) is 12.1 Å². The molecule has 1 unspecified atom stereocenters. The Bertz CT molecular complexity index is 829. The Kier molecular flexibility index (Phi) is 8.02. The molecule has 2 fully saturated rings. The molecule has 0 spiro atoms. The van der Waals surface area contributed by atoms with Crippen LogP contribution in [0.5, 0.6) is 5.75 Å². The highest BCUT2D eigenvalue weighted by Crippen LogP contribution is 2.41. The van der Waals surface area contributed by atoms with Gasteiger partial charge < -0.3 is 9.47 Å². The van der Waals surface area contributed by atoms with E-state index < -0.39 is 23.4 Å². The summed E-state index contributed by atoms with van der Waals surface area (Å²) in [5.74, 6) is -3.40. The number of carbonyl (C=O) groups excluding carboxylic acids is 1. The molecule has 4 rings (SSSR count). The van der Waals surface area contributed by atoms with Crippen LogP contribution in [-0.2, 0) is 9.53 Å². The summed E-state index contributed by atoms with van der Waals surface area (Å²) in [6.45, 7) is 2.27. The third-order valence-electron chi connectivity index (χ3n) is 7.99. The maximum Gasteiger partial charge on any atom is 0.314 e. The second-order valence-corrected chi connectivity index (χ2v) is 10.1. The van der Waals surface area contributed by atoms with Crippen molar-refractivity contribution in [3.8, 4) is 5.75 Å². The van der Waals surface area contributed by atoms with E-state index in [1.807, 2.05) is 6.26 Å². The molecule has 0 N–H and O–H groups in total. The lowest BCUT2D eigenvalue weighted by molar-refractivity contribution is -0.140. The normalized spacial score (nSPS) is 30.3. The molecule has 0 aromatic heterocycles. The smallest absolute Gasteiger partial charge is 0.314 e. The SMILES string of the molecule is CCCC1CCC(C2CCC(C3CCC(C(=O)Oc4cc(F)c(F)c(F)c4)CC3)=CO2)CC1. The van der Waals surface area contributed by atoms with E-state index in [1.54, 1.807) is 0 Å². The highest BCUT2D eigenvalue weighted by molar-refractivity contribution is 5.75. The zero-order chi connectivity index (χ0) is 23.4. The number of esters is 1. The molecular weight excluding hydrogens is 429 g/mol. The van der Waals surface area contributed by atoms with Crippen LogP contribution in [0.3, 0.4) is 0 Å². The number of rotatable bonds is 6. The molecule has 182 valence electrons. The largest absolute Gasteiger partial charge is 0.498 e. The van der Waals surface area contributed by atoms with Gasteiger partial charge in [-0.2, -0.15) is 0 Å². The van der Waals surface area contributed by atoms with E-state index in [9.17, 15) is 18.0 Å². The van der Waals surface area contributed by atoms with E-state index in [1.165, 1.54) is 44.1 Å². The zero-order valence-electron chi connectivity index (χ0n) is 19.5. The molecule has 0 amide bonds. The van der Waals surface area contributed by atoms with Crippen LogP contribution in [0.4, 0.5) is 13.2 Å². The number of halogens is 3. The van der Waals surface area contributed by atoms with Gasteiger partial charge in [0.25, 0.3) is 0 Å². The molecule has 2 saturated carbocycles. The van der Waals surface area contributed by atoms with Gasteiger partial charge in [-0.05, 0) is 74.7 Å². The van der Waals surface area contributed by atoms with Gasteiger partial charge in [0.1, 0.15) is 11.9 Å². The average molecular weight is 465 g/mol. The fourth-order valence-corrected chi connectivity index (χ4v) is 6.01. The van der Waals surface area contributed by atoms with Crippen molar-refractivity contribution in [2.24, 2.45) is 23.7 Å². The van der Waals surface area contributed by atoms with E-state index >= 15 is 0 Å². The van der Waals surface area contributed by atoms with Crippen LogP contribution in [0.2, 0.25) is 0 Å². The summed E-state index contributed by atoms with van der Waals surface area (Å²) in [5, 5.41) is 0. The summed E-state index contributed by atoms with van der Waals surface area (Å²) in [7, 11) is 0. The number of hydrogen-bond acceptors (Lipinski definition) is 3. The number of ether oxygens (including phenoxy) is 2. The highest BCUT2D eigenvalue weighted by atomic mass is 19.2. The van der Waals surface area contributed by atoms with Gasteiger partial charge in [0.05, 0.1) is 12.2 Å². The van der Waals surface area contributed by atoms with Crippen LogP contribution < -0.4 is 4.74 Å². The number of allylic oxidation sites excluding steroid dienone is 1. The van der Waals surface area contributed by atoms with Crippen molar-refractivity contribution in [3.05, 3.63) is 41.4 Å². The molecule has 1 heterocycles. The average Bonchev–Trinajstić information content (AvgIpc) is 2.83. The topological polar surface area (TPSA) is 35.5 Å². The summed E-state index contributed by atoms with van der Waals surface area (Å²) < 4.78 is 51.1. The molecule has 0 radical (unpaired) electrons. The van der Waals surface area contributed by atoms with Crippen LogP contribution in [0, 0.1) is 41.1 Å². The van der Waals surface area contributed by atoms with Crippen LogP contribution in [-0.4, -0.2) is 12.1 Å². The second-order valence-electron chi connectivity index (χ2n) is 10.1. The van der Waals surface area contributed by atoms with Crippen LogP contribution in [0.15, 0.2) is 24.0 Å². The van der Waals surface area contributed by atoms with Gasteiger partial charge in [-0.25, -0.2) is 13.2 Å². The highest BCUT2D eigenvalue weighted by Gasteiger charge is 2.34. The lowest BCUT2D eigenvalue weighted by atomic mass is 9.74. The quantitative estimate of drug-likeness (QED) is 0.249. The van der Waals surface area contributed by atoms with Crippen LogP contribution in [0.25, 0.3) is 0 Å². The first-order chi connectivity index (χ1) is 15.9. The van der Waals surface area contributed by atoms with Crippen LogP contribution >= 0.6 is 0 Å². The lowest BCUT2D eigenvalue weighted by Gasteiger charge is -2.37. The molecule has 1 atom stereocenters. The van der Waals surface area contributed by atoms with Crippen LogP contribution in [0.1, 0.15) is 84.0 Å². The predicted octanol–water partition coefficient (Wildman–Crippen LogP) is 7.49. The van der Waals surface area contributed by atoms with E-state index in [0.717, 1.165) is 31.6 Å². The third-order valence-corrected chi connectivity index (χ3v) is 7.99. The maximum absolute atomic E-state index is 13.4. The molecule has 3 nitrogen and oxygen atoms in total. The van der Waals surface area contributed by atoms with Gasteiger partial charge in [-0.15, -0.1) is 0 Å². The third kappa shape index (κ3) is 5.93. The first-order valence-corrected chi connectivity index (χ1v) is 12.6. The molecule has 1 aromatic rings. The van der Waals surface area contributed by atoms with Gasteiger partial charge >= 0.3 is 5.97 Å². The van der Waals surface area contributed by atoms with Gasteiger partial charge in [0.2, 0.25) is 0 Å². The van der Waals surface area contributed by atoms with Gasteiger partial charge in [-0.1, -0.05) is 32.6 Å². The Labute approximate surface area is 194 Å². The molecule has 1 aliphatic heterocycles. The molecular formula is C27H35F3O3. The number of benzene rings is 1. The Morgan fingerprint density at radius 1 is 0.970 bits per heavy atom.